The maximum atomic E-state index is 9.13. The standard InChI is InChI=1S/C16H26N4O/c1-4-17-12-14-16(19(13(2)3)10-7-11-21)18-15-8-5-6-9-20(14)15/h5-6,8-9,13,17,21H,4,7,10-12H2,1-3H3. The molecule has 0 saturated carbocycles. The van der Waals surface area contributed by atoms with E-state index in [0.29, 0.717) is 6.04 Å². The van der Waals surface area contributed by atoms with Crippen molar-refractivity contribution >= 4 is 11.5 Å². The Kier molecular flexibility index (Phi) is 5.59. The summed E-state index contributed by atoms with van der Waals surface area (Å²) in [5, 5.41) is 12.5. The van der Waals surface area contributed by atoms with Gasteiger partial charge in [-0.05, 0) is 38.9 Å². The molecule has 2 aromatic rings. The molecule has 0 radical (unpaired) electrons. The molecule has 2 rings (SSSR count). The first kappa shape index (κ1) is 15.8. The van der Waals surface area contributed by atoms with Crippen molar-refractivity contribution in [2.45, 2.75) is 39.8 Å². The van der Waals surface area contributed by atoms with Crippen molar-refractivity contribution in [3.63, 3.8) is 0 Å². The fraction of sp³-hybridized carbons (Fsp3) is 0.562. The van der Waals surface area contributed by atoms with Gasteiger partial charge in [-0.25, -0.2) is 4.98 Å². The minimum absolute atomic E-state index is 0.207. The Hall–Kier alpha value is -1.59. The lowest BCUT2D eigenvalue weighted by atomic mass is 10.2. The molecule has 0 fully saturated rings. The largest absolute Gasteiger partial charge is 0.396 e. The fourth-order valence-corrected chi connectivity index (χ4v) is 2.52. The van der Waals surface area contributed by atoms with Crippen molar-refractivity contribution in [2.24, 2.45) is 0 Å². The van der Waals surface area contributed by atoms with E-state index in [-0.39, 0.29) is 6.61 Å². The van der Waals surface area contributed by atoms with Crippen LogP contribution in [0.3, 0.4) is 0 Å². The first-order valence-corrected chi connectivity index (χ1v) is 7.73. The van der Waals surface area contributed by atoms with E-state index in [0.717, 1.165) is 37.5 Å². The second kappa shape index (κ2) is 7.43. The summed E-state index contributed by atoms with van der Waals surface area (Å²) in [4.78, 5) is 7.08. The summed E-state index contributed by atoms with van der Waals surface area (Å²) < 4.78 is 2.15. The zero-order valence-corrected chi connectivity index (χ0v) is 13.2. The number of rotatable bonds is 8. The summed E-state index contributed by atoms with van der Waals surface area (Å²) in [6, 6.07) is 6.42. The van der Waals surface area contributed by atoms with E-state index < -0.39 is 0 Å². The Morgan fingerprint density at radius 2 is 2.19 bits per heavy atom. The number of imidazole rings is 1. The molecule has 2 heterocycles. The number of fused-ring (bicyclic) bond motifs is 1. The number of aliphatic hydroxyl groups excluding tert-OH is 1. The normalized spacial score (nSPS) is 11.5. The van der Waals surface area contributed by atoms with Crippen LogP contribution >= 0.6 is 0 Å². The Morgan fingerprint density at radius 3 is 2.86 bits per heavy atom. The van der Waals surface area contributed by atoms with Gasteiger partial charge in [-0.15, -0.1) is 0 Å². The van der Waals surface area contributed by atoms with Crippen LogP contribution in [0.25, 0.3) is 5.65 Å². The SMILES string of the molecule is CCNCc1c(N(CCCO)C(C)C)nc2ccccn12. The van der Waals surface area contributed by atoms with Crippen LogP contribution in [0.2, 0.25) is 0 Å². The highest BCUT2D eigenvalue weighted by Gasteiger charge is 2.19. The third-order valence-corrected chi connectivity index (χ3v) is 3.60. The molecule has 0 atom stereocenters. The summed E-state index contributed by atoms with van der Waals surface area (Å²) in [6.45, 7) is 9.18. The molecular formula is C16H26N4O. The molecule has 0 aromatic carbocycles. The van der Waals surface area contributed by atoms with Crippen molar-refractivity contribution in [3.05, 3.63) is 30.1 Å². The molecule has 5 heteroatoms. The minimum Gasteiger partial charge on any atom is -0.396 e. The number of anilines is 1. The molecule has 0 amide bonds. The molecule has 0 aliphatic carbocycles. The van der Waals surface area contributed by atoms with Gasteiger partial charge < -0.3 is 19.7 Å². The molecular weight excluding hydrogens is 264 g/mol. The van der Waals surface area contributed by atoms with Crippen LogP contribution in [0.1, 0.15) is 32.9 Å². The van der Waals surface area contributed by atoms with Crippen LogP contribution in [0.15, 0.2) is 24.4 Å². The van der Waals surface area contributed by atoms with Crippen LogP contribution in [0.5, 0.6) is 0 Å². The third-order valence-electron chi connectivity index (χ3n) is 3.60. The molecule has 0 spiro atoms. The van der Waals surface area contributed by atoms with E-state index in [9.17, 15) is 0 Å². The lowest BCUT2D eigenvalue weighted by Crippen LogP contribution is -2.34. The van der Waals surface area contributed by atoms with E-state index in [1.54, 1.807) is 0 Å². The number of aromatic nitrogens is 2. The molecule has 5 nitrogen and oxygen atoms in total. The highest BCUT2D eigenvalue weighted by Crippen LogP contribution is 2.24. The van der Waals surface area contributed by atoms with E-state index in [4.69, 9.17) is 10.1 Å². The van der Waals surface area contributed by atoms with Gasteiger partial charge in [0.15, 0.2) is 5.82 Å². The summed E-state index contributed by atoms with van der Waals surface area (Å²) in [7, 11) is 0. The first-order valence-electron chi connectivity index (χ1n) is 7.73. The Morgan fingerprint density at radius 1 is 1.38 bits per heavy atom. The molecule has 21 heavy (non-hydrogen) atoms. The number of aliphatic hydroxyl groups is 1. The van der Waals surface area contributed by atoms with Gasteiger partial charge in [0, 0.05) is 31.9 Å². The predicted molar refractivity (Wildman–Crippen MR) is 86.8 cm³/mol. The second-order valence-electron chi connectivity index (χ2n) is 5.46. The average Bonchev–Trinajstić information content (AvgIpc) is 2.83. The Balaban J connectivity index is 2.43. The number of hydrogen-bond acceptors (Lipinski definition) is 4. The monoisotopic (exact) mass is 290 g/mol. The smallest absolute Gasteiger partial charge is 0.152 e. The number of nitrogens with one attached hydrogen (secondary N) is 1. The number of nitrogens with zero attached hydrogens (tertiary/aromatic N) is 3. The molecule has 116 valence electrons. The van der Waals surface area contributed by atoms with Crippen molar-refractivity contribution in [3.8, 4) is 0 Å². The lowest BCUT2D eigenvalue weighted by molar-refractivity contribution is 0.288. The summed E-state index contributed by atoms with van der Waals surface area (Å²) >= 11 is 0. The van der Waals surface area contributed by atoms with Gasteiger partial charge in [0.05, 0.1) is 5.69 Å². The molecule has 0 unspecified atom stereocenters. The maximum absolute atomic E-state index is 9.13. The first-order chi connectivity index (χ1) is 10.2. The molecule has 0 aliphatic heterocycles. The van der Waals surface area contributed by atoms with Gasteiger partial charge in [-0.3, -0.25) is 0 Å². The van der Waals surface area contributed by atoms with E-state index in [2.05, 4.69) is 41.6 Å². The topological polar surface area (TPSA) is 52.8 Å². The predicted octanol–water partition coefficient (Wildman–Crippen LogP) is 2.04. The molecule has 0 aliphatic rings. The minimum atomic E-state index is 0.207. The van der Waals surface area contributed by atoms with E-state index >= 15 is 0 Å². The van der Waals surface area contributed by atoms with Crippen molar-refractivity contribution in [2.75, 3.05) is 24.6 Å². The summed E-state index contributed by atoms with van der Waals surface area (Å²) in [6.07, 6.45) is 2.82. The van der Waals surface area contributed by atoms with Crippen LogP contribution in [-0.4, -0.2) is 40.2 Å². The lowest BCUT2D eigenvalue weighted by Gasteiger charge is -2.27. The van der Waals surface area contributed by atoms with Crippen molar-refractivity contribution in [1.29, 1.82) is 0 Å². The van der Waals surface area contributed by atoms with Crippen LogP contribution in [0.4, 0.5) is 5.82 Å². The second-order valence-corrected chi connectivity index (χ2v) is 5.46. The van der Waals surface area contributed by atoms with Gasteiger partial charge >= 0.3 is 0 Å². The van der Waals surface area contributed by atoms with Crippen molar-refractivity contribution in [1.82, 2.24) is 14.7 Å². The quantitative estimate of drug-likeness (QED) is 0.781. The van der Waals surface area contributed by atoms with Gasteiger partial charge in [-0.1, -0.05) is 13.0 Å². The van der Waals surface area contributed by atoms with E-state index in [1.165, 1.54) is 5.69 Å². The fourth-order valence-electron chi connectivity index (χ4n) is 2.52. The Labute approximate surface area is 126 Å². The summed E-state index contributed by atoms with van der Waals surface area (Å²) in [5.41, 5.74) is 2.15. The van der Waals surface area contributed by atoms with Gasteiger partial charge in [0.2, 0.25) is 0 Å². The summed E-state index contributed by atoms with van der Waals surface area (Å²) in [5.74, 6) is 1.02. The van der Waals surface area contributed by atoms with Gasteiger partial charge in [-0.2, -0.15) is 0 Å². The van der Waals surface area contributed by atoms with Crippen LogP contribution in [-0.2, 0) is 6.54 Å². The zero-order valence-electron chi connectivity index (χ0n) is 13.2. The zero-order chi connectivity index (χ0) is 15.2. The van der Waals surface area contributed by atoms with Gasteiger partial charge in [0.25, 0.3) is 0 Å². The number of hydrogen-bond donors (Lipinski definition) is 2. The van der Waals surface area contributed by atoms with E-state index in [1.807, 2.05) is 18.2 Å². The maximum Gasteiger partial charge on any atom is 0.152 e. The van der Waals surface area contributed by atoms with Gasteiger partial charge in [0.1, 0.15) is 5.65 Å². The van der Waals surface area contributed by atoms with Crippen LogP contribution in [0, 0.1) is 0 Å². The molecule has 0 bridgehead atoms. The highest BCUT2D eigenvalue weighted by molar-refractivity contribution is 5.56. The van der Waals surface area contributed by atoms with Crippen LogP contribution < -0.4 is 10.2 Å². The Bertz CT molecular complexity index is 564. The highest BCUT2D eigenvalue weighted by atomic mass is 16.3. The third kappa shape index (κ3) is 3.54. The number of pyridine rings is 1. The molecule has 2 aromatic heterocycles. The average molecular weight is 290 g/mol. The van der Waals surface area contributed by atoms with Crippen molar-refractivity contribution < 1.29 is 5.11 Å². The molecule has 0 saturated heterocycles. The molecule has 2 N–H and O–H groups in total.